The van der Waals surface area contributed by atoms with Crippen molar-refractivity contribution in [3.8, 4) is 11.5 Å². The summed E-state index contributed by atoms with van der Waals surface area (Å²) in [5.41, 5.74) is 0.298. The van der Waals surface area contributed by atoms with Crippen molar-refractivity contribution in [1.29, 1.82) is 0 Å². The monoisotopic (exact) mass is 563 g/mol. The van der Waals surface area contributed by atoms with Gasteiger partial charge in [0.1, 0.15) is 18.1 Å². The first-order chi connectivity index (χ1) is 19.2. The van der Waals surface area contributed by atoms with Crippen molar-refractivity contribution in [3.63, 3.8) is 0 Å². The normalized spacial score (nSPS) is 11.3. The van der Waals surface area contributed by atoms with Crippen LogP contribution in [-0.2, 0) is 24.5 Å². The maximum atomic E-state index is 15.5. The molecule has 0 atom stereocenters. The summed E-state index contributed by atoms with van der Waals surface area (Å²) in [5, 5.41) is 4.16. The fourth-order valence-electron chi connectivity index (χ4n) is 4.41. The molecule has 11 heteroatoms. The number of pyridine rings is 2. The number of fused-ring (bicyclic) bond motifs is 1. The van der Waals surface area contributed by atoms with E-state index in [1.807, 2.05) is 30.3 Å². The number of benzene rings is 2. The number of aromatic nitrogens is 5. The van der Waals surface area contributed by atoms with Crippen molar-refractivity contribution in [2.75, 3.05) is 0 Å². The third-order valence-electron chi connectivity index (χ3n) is 6.36. The van der Waals surface area contributed by atoms with Gasteiger partial charge in [-0.25, -0.2) is 18.6 Å². The number of ether oxygens (including phenoxy) is 1. The average molecular weight is 564 g/mol. The topological polar surface area (TPSA) is 83.9 Å². The third kappa shape index (κ3) is 4.87. The molecule has 2 aromatic carbocycles. The van der Waals surface area contributed by atoms with Crippen molar-refractivity contribution < 1.29 is 13.5 Å². The number of allylic oxidation sites excluding steroid dienone is 1. The summed E-state index contributed by atoms with van der Waals surface area (Å²) in [7, 11) is 0. The van der Waals surface area contributed by atoms with Crippen LogP contribution in [0.25, 0.3) is 28.0 Å². The molecule has 5 aromatic rings. The molecule has 0 fully saturated rings. The number of halogens is 3. The Kier molecular flexibility index (Phi) is 7.46. The second-order valence-corrected chi connectivity index (χ2v) is 9.50. The number of hydrogen-bond donors (Lipinski definition) is 0. The summed E-state index contributed by atoms with van der Waals surface area (Å²) in [6.07, 6.45) is 1.35. The molecular weight excluding hydrogens is 540 g/mol. The quantitative estimate of drug-likeness (QED) is 0.251. The Bertz CT molecular complexity index is 1860. The number of hydrogen-bond acceptors (Lipinski definition) is 5. The predicted molar refractivity (Wildman–Crippen MR) is 149 cm³/mol. The minimum absolute atomic E-state index is 0.00200. The number of para-hydroxylation sites is 1. The molecular formula is C29H24ClF2N5O3. The minimum Gasteiger partial charge on any atom is -0.369 e. The molecule has 0 aliphatic carbocycles. The highest BCUT2D eigenvalue weighted by molar-refractivity contribution is 6.32. The van der Waals surface area contributed by atoms with E-state index in [1.165, 1.54) is 22.9 Å². The first-order valence-corrected chi connectivity index (χ1v) is 12.8. The molecule has 0 unspecified atom stereocenters. The van der Waals surface area contributed by atoms with Crippen molar-refractivity contribution >= 4 is 28.1 Å². The van der Waals surface area contributed by atoms with E-state index in [-0.39, 0.29) is 40.6 Å². The lowest BCUT2D eigenvalue weighted by Crippen LogP contribution is -2.26. The molecule has 40 heavy (non-hydrogen) atoms. The van der Waals surface area contributed by atoms with E-state index in [1.54, 1.807) is 13.8 Å². The van der Waals surface area contributed by atoms with E-state index in [2.05, 4.69) is 16.7 Å². The zero-order valence-electron chi connectivity index (χ0n) is 21.7. The molecule has 3 heterocycles. The Morgan fingerprint density at radius 2 is 1.80 bits per heavy atom. The van der Waals surface area contributed by atoms with Gasteiger partial charge < -0.3 is 4.74 Å². The van der Waals surface area contributed by atoms with E-state index in [0.29, 0.717) is 17.7 Å². The van der Waals surface area contributed by atoms with Crippen molar-refractivity contribution in [3.05, 3.63) is 122 Å². The smallest absolute Gasteiger partial charge is 0.352 e. The molecule has 0 spiro atoms. The van der Waals surface area contributed by atoms with Gasteiger partial charge in [0, 0.05) is 18.3 Å². The lowest BCUT2D eigenvalue weighted by Gasteiger charge is -2.14. The summed E-state index contributed by atoms with van der Waals surface area (Å²) < 4.78 is 39.2. The van der Waals surface area contributed by atoms with Gasteiger partial charge in [0.15, 0.2) is 17.5 Å². The molecule has 3 aromatic heterocycles. The van der Waals surface area contributed by atoms with E-state index in [4.69, 9.17) is 16.3 Å². The molecule has 0 aliphatic rings. The maximum Gasteiger partial charge on any atom is 0.352 e. The lowest BCUT2D eigenvalue weighted by atomic mass is 10.1. The Morgan fingerprint density at radius 1 is 1.05 bits per heavy atom. The molecule has 0 N–H and O–H groups in total. The van der Waals surface area contributed by atoms with Crippen molar-refractivity contribution in [2.45, 2.75) is 33.6 Å². The SMILES string of the molecule is C=C(C)c1cn(-c2c(F)cccc2Cl)c(=O)c2cc(F)c(-n3nc(COCc4ccccc4)n(CC)c3=O)nc12. The third-order valence-corrected chi connectivity index (χ3v) is 6.66. The van der Waals surface area contributed by atoms with Gasteiger partial charge in [-0.05, 0) is 43.2 Å². The van der Waals surface area contributed by atoms with E-state index in [0.717, 1.165) is 26.9 Å². The van der Waals surface area contributed by atoms with Gasteiger partial charge >= 0.3 is 5.69 Å². The van der Waals surface area contributed by atoms with Crippen LogP contribution in [0.4, 0.5) is 8.78 Å². The second kappa shape index (κ2) is 11.0. The van der Waals surface area contributed by atoms with E-state index >= 15 is 4.39 Å². The minimum atomic E-state index is -0.964. The van der Waals surface area contributed by atoms with Crippen LogP contribution in [0.5, 0.6) is 0 Å². The van der Waals surface area contributed by atoms with Gasteiger partial charge in [0.2, 0.25) is 0 Å². The van der Waals surface area contributed by atoms with Gasteiger partial charge in [-0.2, -0.15) is 4.68 Å². The maximum absolute atomic E-state index is 15.5. The molecule has 8 nitrogen and oxygen atoms in total. The molecule has 0 aliphatic heterocycles. The first-order valence-electron chi connectivity index (χ1n) is 12.4. The van der Waals surface area contributed by atoms with Crippen molar-refractivity contribution in [2.24, 2.45) is 0 Å². The highest BCUT2D eigenvalue weighted by atomic mass is 35.5. The number of rotatable bonds is 8. The van der Waals surface area contributed by atoms with Crippen LogP contribution >= 0.6 is 11.6 Å². The zero-order chi connectivity index (χ0) is 28.6. The molecule has 0 radical (unpaired) electrons. The van der Waals surface area contributed by atoms with E-state index in [9.17, 15) is 14.0 Å². The summed E-state index contributed by atoms with van der Waals surface area (Å²) in [4.78, 5) is 31.0. The molecule has 5 rings (SSSR count). The average Bonchev–Trinajstić information content (AvgIpc) is 3.24. The van der Waals surface area contributed by atoms with Crippen LogP contribution in [0.2, 0.25) is 5.02 Å². The van der Waals surface area contributed by atoms with Gasteiger partial charge in [-0.3, -0.25) is 13.9 Å². The fraction of sp³-hybridized carbons (Fsp3) is 0.172. The second-order valence-electron chi connectivity index (χ2n) is 9.09. The fourth-order valence-corrected chi connectivity index (χ4v) is 4.66. The first kappa shape index (κ1) is 27.2. The zero-order valence-corrected chi connectivity index (χ0v) is 22.5. The van der Waals surface area contributed by atoms with Crippen molar-refractivity contribution in [1.82, 2.24) is 23.9 Å². The van der Waals surface area contributed by atoms with Gasteiger partial charge in [-0.1, -0.05) is 54.6 Å². The Hall–Kier alpha value is -4.41. The number of nitrogens with zero attached hydrogens (tertiary/aromatic N) is 5. The van der Waals surface area contributed by atoms with Gasteiger partial charge in [0.25, 0.3) is 5.56 Å². The summed E-state index contributed by atoms with van der Waals surface area (Å²) in [6, 6.07) is 14.5. The van der Waals surface area contributed by atoms with Crippen LogP contribution in [0.15, 0.2) is 77.0 Å². The van der Waals surface area contributed by atoms with Crippen LogP contribution in [-0.4, -0.2) is 23.9 Å². The standard InChI is InChI=1S/C29H24ClF2N5O3/c1-4-35-24(16-40-15-18-9-6-5-7-10-18)34-37(29(35)39)27-23(32)13-19-25(33-27)20(17(2)3)14-36(28(19)38)26-21(30)11-8-12-22(26)31/h5-14H,2,4,15-16H2,1,3H3. The van der Waals surface area contributed by atoms with Crippen LogP contribution in [0.1, 0.15) is 30.8 Å². The van der Waals surface area contributed by atoms with E-state index < -0.39 is 28.7 Å². The molecule has 0 saturated heterocycles. The predicted octanol–water partition coefficient (Wildman–Crippen LogP) is 5.43. The van der Waals surface area contributed by atoms with Crippen LogP contribution in [0, 0.1) is 11.6 Å². The highest BCUT2D eigenvalue weighted by Gasteiger charge is 2.22. The Morgan fingerprint density at radius 3 is 2.48 bits per heavy atom. The molecule has 0 amide bonds. The van der Waals surface area contributed by atoms with Gasteiger partial charge in [-0.15, -0.1) is 5.10 Å². The Labute approximate surface area is 232 Å². The summed E-state index contributed by atoms with van der Waals surface area (Å²) >= 11 is 6.20. The Balaban J connectivity index is 1.63. The molecule has 204 valence electrons. The molecule has 0 saturated carbocycles. The van der Waals surface area contributed by atoms with Gasteiger partial charge in [0.05, 0.1) is 22.5 Å². The largest absolute Gasteiger partial charge is 0.369 e. The van der Waals surface area contributed by atoms with Crippen LogP contribution < -0.4 is 11.2 Å². The summed E-state index contributed by atoms with van der Waals surface area (Å²) in [6.45, 7) is 7.93. The summed E-state index contributed by atoms with van der Waals surface area (Å²) in [5.74, 6) is -1.80. The lowest BCUT2D eigenvalue weighted by molar-refractivity contribution is 0.0989. The highest BCUT2D eigenvalue weighted by Crippen LogP contribution is 2.27. The van der Waals surface area contributed by atoms with Crippen LogP contribution in [0.3, 0.4) is 0 Å². The molecule has 0 bridgehead atoms.